The smallest absolute Gasteiger partial charge is 0.320 e. The van der Waals surface area contributed by atoms with E-state index in [4.69, 9.17) is 0 Å². The molecule has 0 amide bonds. The Bertz CT molecular complexity index is 974. The van der Waals surface area contributed by atoms with E-state index in [0.717, 1.165) is 30.7 Å². The first kappa shape index (κ1) is 18.9. The van der Waals surface area contributed by atoms with E-state index in [-0.39, 0.29) is 6.04 Å². The van der Waals surface area contributed by atoms with E-state index in [1.165, 1.54) is 16.8 Å². The minimum absolute atomic E-state index is 0.165. The first-order valence-corrected chi connectivity index (χ1v) is 9.77. The fourth-order valence-corrected chi connectivity index (χ4v) is 4.15. The third-order valence-electron chi connectivity index (χ3n) is 5.97. The van der Waals surface area contributed by atoms with Gasteiger partial charge in [0, 0.05) is 31.9 Å². The summed E-state index contributed by atoms with van der Waals surface area (Å²) >= 11 is 0. The molecule has 1 aliphatic rings. The molecule has 1 aromatic heterocycles. The maximum absolute atomic E-state index is 13.8. The zero-order valence-corrected chi connectivity index (χ0v) is 16.6. The van der Waals surface area contributed by atoms with E-state index in [2.05, 4.69) is 46.8 Å². The van der Waals surface area contributed by atoms with Gasteiger partial charge in [0.05, 0.1) is 17.1 Å². The first-order chi connectivity index (χ1) is 13.5. The van der Waals surface area contributed by atoms with Crippen LogP contribution in [0.15, 0.2) is 42.5 Å². The van der Waals surface area contributed by atoms with Gasteiger partial charge in [0.2, 0.25) is 0 Å². The number of anilines is 1. The van der Waals surface area contributed by atoms with Crippen molar-refractivity contribution in [1.82, 2.24) is 14.5 Å². The molecule has 6 heteroatoms. The summed E-state index contributed by atoms with van der Waals surface area (Å²) in [7, 11) is 0. The first-order valence-electron chi connectivity index (χ1n) is 9.77. The second kappa shape index (κ2) is 7.51. The van der Waals surface area contributed by atoms with E-state index < -0.39 is 6.55 Å². The van der Waals surface area contributed by atoms with Crippen molar-refractivity contribution in [2.24, 2.45) is 0 Å². The highest BCUT2D eigenvalue weighted by Crippen LogP contribution is 2.31. The van der Waals surface area contributed by atoms with Crippen molar-refractivity contribution in [2.45, 2.75) is 33.4 Å². The molecule has 0 radical (unpaired) electrons. The van der Waals surface area contributed by atoms with Gasteiger partial charge in [-0.2, -0.15) is 8.78 Å². The second-order valence-corrected chi connectivity index (χ2v) is 7.52. The Morgan fingerprint density at radius 3 is 2.36 bits per heavy atom. The van der Waals surface area contributed by atoms with E-state index in [1.807, 2.05) is 13.0 Å². The zero-order chi connectivity index (χ0) is 19.8. The topological polar surface area (TPSA) is 24.3 Å². The number of para-hydroxylation sites is 2. The summed E-state index contributed by atoms with van der Waals surface area (Å²) in [5.74, 6) is 0.441. The molecule has 2 heterocycles. The van der Waals surface area contributed by atoms with Crippen molar-refractivity contribution in [1.29, 1.82) is 0 Å². The number of piperazine rings is 1. The molecule has 1 unspecified atom stereocenters. The minimum Gasteiger partial charge on any atom is -0.369 e. The number of benzene rings is 2. The molecule has 0 bridgehead atoms. The summed E-state index contributed by atoms with van der Waals surface area (Å²) in [4.78, 5) is 9.18. The van der Waals surface area contributed by atoms with Crippen LogP contribution in [0, 0.1) is 13.8 Å². The van der Waals surface area contributed by atoms with Gasteiger partial charge in [-0.3, -0.25) is 9.47 Å². The number of halogens is 2. The molecule has 1 saturated heterocycles. The maximum atomic E-state index is 13.8. The van der Waals surface area contributed by atoms with Crippen molar-refractivity contribution in [2.75, 3.05) is 31.1 Å². The molecule has 4 nitrogen and oxygen atoms in total. The molecule has 3 aromatic rings. The van der Waals surface area contributed by atoms with E-state index in [0.29, 0.717) is 16.9 Å². The van der Waals surface area contributed by atoms with Crippen LogP contribution < -0.4 is 4.90 Å². The van der Waals surface area contributed by atoms with Crippen LogP contribution in [-0.4, -0.2) is 40.6 Å². The van der Waals surface area contributed by atoms with Gasteiger partial charge in [0.1, 0.15) is 5.82 Å². The summed E-state index contributed by atoms with van der Waals surface area (Å²) in [6.07, 6.45) is 0. The molecule has 2 aromatic carbocycles. The number of nitrogens with zero attached hydrogens (tertiary/aromatic N) is 4. The number of alkyl halides is 2. The second-order valence-electron chi connectivity index (χ2n) is 7.52. The number of aryl methyl sites for hydroxylation is 1. The SMILES string of the molecule is Cc1cccc(N2CCN(C(C)c3nc4ccccc4n3C(F)F)CC2)c1C. The fraction of sp³-hybridized carbons (Fsp3) is 0.409. The fourth-order valence-electron chi connectivity index (χ4n) is 4.15. The van der Waals surface area contributed by atoms with Gasteiger partial charge in [-0.15, -0.1) is 0 Å². The number of hydrogen-bond acceptors (Lipinski definition) is 3. The molecule has 0 spiro atoms. The maximum Gasteiger partial charge on any atom is 0.320 e. The number of fused-ring (bicyclic) bond motifs is 1. The highest BCUT2D eigenvalue weighted by Gasteiger charge is 2.28. The molecule has 28 heavy (non-hydrogen) atoms. The molecule has 4 rings (SSSR count). The Hall–Kier alpha value is -2.47. The van der Waals surface area contributed by atoms with Gasteiger partial charge in [0.25, 0.3) is 0 Å². The lowest BCUT2D eigenvalue weighted by molar-refractivity contribution is 0.0641. The normalized spacial score (nSPS) is 16.9. The van der Waals surface area contributed by atoms with Gasteiger partial charge in [-0.05, 0) is 50.1 Å². The third kappa shape index (κ3) is 3.26. The molecule has 1 atom stereocenters. The lowest BCUT2D eigenvalue weighted by Crippen LogP contribution is -2.47. The average Bonchev–Trinajstić information content (AvgIpc) is 3.09. The lowest BCUT2D eigenvalue weighted by Gasteiger charge is -2.39. The van der Waals surface area contributed by atoms with Crippen LogP contribution in [0.3, 0.4) is 0 Å². The summed E-state index contributed by atoms with van der Waals surface area (Å²) in [6, 6.07) is 13.3. The molecule has 0 saturated carbocycles. The predicted molar refractivity (Wildman–Crippen MR) is 109 cm³/mol. The predicted octanol–water partition coefficient (Wildman–Crippen LogP) is 4.93. The van der Waals surface area contributed by atoms with Gasteiger partial charge in [-0.25, -0.2) is 4.98 Å². The zero-order valence-electron chi connectivity index (χ0n) is 16.6. The lowest BCUT2D eigenvalue weighted by atomic mass is 10.1. The van der Waals surface area contributed by atoms with Crippen molar-refractivity contribution >= 4 is 16.7 Å². The van der Waals surface area contributed by atoms with Gasteiger partial charge >= 0.3 is 6.55 Å². The van der Waals surface area contributed by atoms with Crippen LogP contribution in [0.25, 0.3) is 11.0 Å². The largest absolute Gasteiger partial charge is 0.369 e. The van der Waals surface area contributed by atoms with E-state index in [9.17, 15) is 8.78 Å². The van der Waals surface area contributed by atoms with Crippen LogP contribution >= 0.6 is 0 Å². The summed E-state index contributed by atoms with van der Waals surface area (Å²) in [6.45, 7) is 7.07. The quantitative estimate of drug-likeness (QED) is 0.637. The van der Waals surface area contributed by atoms with Crippen LogP contribution in [0.5, 0.6) is 0 Å². The van der Waals surface area contributed by atoms with Crippen LogP contribution in [0.4, 0.5) is 14.5 Å². The molecular weight excluding hydrogens is 358 g/mol. The number of imidazole rings is 1. The Labute approximate surface area is 164 Å². The Morgan fingerprint density at radius 1 is 0.929 bits per heavy atom. The Balaban J connectivity index is 1.55. The van der Waals surface area contributed by atoms with E-state index in [1.54, 1.807) is 18.2 Å². The van der Waals surface area contributed by atoms with Gasteiger partial charge in [-0.1, -0.05) is 24.3 Å². The monoisotopic (exact) mass is 384 g/mol. The third-order valence-corrected chi connectivity index (χ3v) is 5.97. The Kier molecular flexibility index (Phi) is 5.06. The van der Waals surface area contributed by atoms with Crippen molar-refractivity contribution in [3.63, 3.8) is 0 Å². The van der Waals surface area contributed by atoms with Crippen molar-refractivity contribution in [3.05, 3.63) is 59.4 Å². The van der Waals surface area contributed by atoms with Gasteiger partial charge in [0.15, 0.2) is 0 Å². The highest BCUT2D eigenvalue weighted by molar-refractivity contribution is 5.76. The molecular formula is C22H26F2N4. The van der Waals surface area contributed by atoms with Crippen molar-refractivity contribution in [3.8, 4) is 0 Å². The summed E-state index contributed by atoms with van der Waals surface area (Å²) in [5.41, 5.74) is 4.99. The van der Waals surface area contributed by atoms with E-state index >= 15 is 0 Å². The molecule has 0 aliphatic carbocycles. The van der Waals surface area contributed by atoms with Crippen molar-refractivity contribution < 1.29 is 8.78 Å². The average molecular weight is 384 g/mol. The summed E-state index contributed by atoms with van der Waals surface area (Å²) < 4.78 is 28.6. The highest BCUT2D eigenvalue weighted by atomic mass is 19.3. The van der Waals surface area contributed by atoms with Gasteiger partial charge < -0.3 is 4.90 Å². The standard InChI is InChI=1S/C22H26F2N4/c1-15-7-6-10-19(16(15)2)27-13-11-26(12-14-27)17(3)21-25-18-8-4-5-9-20(18)28(21)22(23)24/h4-10,17,22H,11-14H2,1-3H3. The molecule has 0 N–H and O–H groups in total. The molecule has 1 fully saturated rings. The number of rotatable bonds is 4. The Morgan fingerprint density at radius 2 is 1.64 bits per heavy atom. The van der Waals surface area contributed by atoms with Crippen LogP contribution in [-0.2, 0) is 0 Å². The number of hydrogen-bond donors (Lipinski definition) is 0. The van der Waals surface area contributed by atoms with Crippen LogP contribution in [0.2, 0.25) is 0 Å². The minimum atomic E-state index is -2.60. The molecule has 1 aliphatic heterocycles. The van der Waals surface area contributed by atoms with Crippen LogP contribution in [0.1, 0.15) is 36.5 Å². The number of aromatic nitrogens is 2. The molecule has 148 valence electrons. The summed E-state index contributed by atoms with van der Waals surface area (Å²) in [5, 5.41) is 0.